The van der Waals surface area contributed by atoms with E-state index in [1.54, 1.807) is 0 Å². The Labute approximate surface area is 160 Å². The Morgan fingerprint density at radius 1 is 1.26 bits per heavy atom. The summed E-state index contributed by atoms with van der Waals surface area (Å²) < 4.78 is 19.0. The number of nitriles is 1. The lowest BCUT2D eigenvalue weighted by atomic mass is 10.1. The van der Waals surface area contributed by atoms with Crippen molar-refractivity contribution in [2.75, 3.05) is 19.6 Å². The first-order valence-corrected chi connectivity index (χ1v) is 8.92. The fourth-order valence-corrected chi connectivity index (χ4v) is 2.07. The lowest BCUT2D eigenvalue weighted by Crippen LogP contribution is -2.39. The molecule has 0 aliphatic heterocycles. The topological polar surface area (TPSA) is 98.5 Å². The fourth-order valence-electron chi connectivity index (χ4n) is 2.07. The minimum Gasteiger partial charge on any atom is -0.444 e. The number of hydrogen-bond donors (Lipinski definition) is 3. The summed E-state index contributed by atoms with van der Waals surface area (Å²) in [4.78, 5) is 15.9. The second kappa shape index (κ2) is 11.0. The maximum atomic E-state index is 13.8. The quantitative estimate of drug-likeness (QED) is 0.385. The predicted molar refractivity (Wildman–Crippen MR) is 103 cm³/mol. The summed E-state index contributed by atoms with van der Waals surface area (Å²) >= 11 is 0. The van der Waals surface area contributed by atoms with E-state index in [4.69, 9.17) is 10.00 Å². The Hall–Kier alpha value is -2.82. The van der Waals surface area contributed by atoms with Crippen molar-refractivity contribution in [3.63, 3.8) is 0 Å². The van der Waals surface area contributed by atoms with Crippen LogP contribution in [0.15, 0.2) is 23.2 Å². The van der Waals surface area contributed by atoms with Crippen molar-refractivity contribution in [1.29, 1.82) is 5.26 Å². The first-order chi connectivity index (χ1) is 12.7. The van der Waals surface area contributed by atoms with Gasteiger partial charge in [-0.3, -0.25) is 0 Å². The van der Waals surface area contributed by atoms with Gasteiger partial charge in [-0.2, -0.15) is 5.26 Å². The number of rotatable bonds is 7. The SMILES string of the molecule is CCNC(=NCc1cc(C#N)ccc1F)NCCCNC(=O)OC(C)(C)C. The highest BCUT2D eigenvalue weighted by Crippen LogP contribution is 2.11. The van der Waals surface area contributed by atoms with Gasteiger partial charge in [0.15, 0.2) is 5.96 Å². The highest BCUT2D eigenvalue weighted by Gasteiger charge is 2.15. The number of ether oxygens (including phenoxy) is 1. The van der Waals surface area contributed by atoms with Gasteiger partial charge < -0.3 is 20.7 Å². The predicted octanol–water partition coefficient (Wildman–Crippen LogP) is 2.67. The van der Waals surface area contributed by atoms with Crippen LogP contribution in [-0.2, 0) is 11.3 Å². The zero-order valence-corrected chi connectivity index (χ0v) is 16.4. The summed E-state index contributed by atoms with van der Waals surface area (Å²) in [7, 11) is 0. The normalized spacial score (nSPS) is 11.5. The molecule has 1 rings (SSSR count). The van der Waals surface area contributed by atoms with Gasteiger partial charge in [0.2, 0.25) is 0 Å². The van der Waals surface area contributed by atoms with Crippen LogP contribution in [0.25, 0.3) is 0 Å². The molecule has 148 valence electrons. The van der Waals surface area contributed by atoms with Gasteiger partial charge in [0.1, 0.15) is 11.4 Å². The first-order valence-electron chi connectivity index (χ1n) is 8.92. The van der Waals surface area contributed by atoms with Gasteiger partial charge in [-0.1, -0.05) is 0 Å². The summed E-state index contributed by atoms with van der Waals surface area (Å²) in [6.07, 6.45) is 0.220. The maximum Gasteiger partial charge on any atom is 0.407 e. The smallest absolute Gasteiger partial charge is 0.407 e. The summed E-state index contributed by atoms with van der Waals surface area (Å²) in [5.74, 6) is 0.145. The van der Waals surface area contributed by atoms with Crippen LogP contribution in [0.4, 0.5) is 9.18 Å². The molecule has 0 bridgehead atoms. The Balaban J connectivity index is 2.47. The molecule has 0 aliphatic carbocycles. The van der Waals surface area contributed by atoms with Crippen LogP contribution < -0.4 is 16.0 Å². The van der Waals surface area contributed by atoms with Gasteiger partial charge in [0.05, 0.1) is 18.2 Å². The van der Waals surface area contributed by atoms with Crippen molar-refractivity contribution in [2.45, 2.75) is 46.3 Å². The molecule has 0 fully saturated rings. The number of hydrogen-bond acceptors (Lipinski definition) is 4. The van der Waals surface area contributed by atoms with Crippen molar-refractivity contribution in [1.82, 2.24) is 16.0 Å². The molecule has 1 aromatic rings. The third-order valence-corrected chi connectivity index (χ3v) is 3.24. The van der Waals surface area contributed by atoms with Gasteiger partial charge in [0, 0.05) is 25.2 Å². The molecule has 0 aromatic heterocycles. The molecule has 0 spiro atoms. The Morgan fingerprint density at radius 3 is 2.59 bits per heavy atom. The average molecular weight is 377 g/mol. The number of halogens is 1. The zero-order chi connectivity index (χ0) is 20.3. The monoisotopic (exact) mass is 377 g/mol. The molecule has 0 saturated carbocycles. The van der Waals surface area contributed by atoms with Crippen LogP contribution in [0.2, 0.25) is 0 Å². The summed E-state index contributed by atoms with van der Waals surface area (Å²) in [6, 6.07) is 6.19. The van der Waals surface area contributed by atoms with Crippen molar-refractivity contribution in [3.05, 3.63) is 35.1 Å². The number of carbonyl (C=O) groups is 1. The number of carbonyl (C=O) groups excluding carboxylic acids is 1. The lowest BCUT2D eigenvalue weighted by Gasteiger charge is -2.19. The van der Waals surface area contributed by atoms with Crippen molar-refractivity contribution in [3.8, 4) is 6.07 Å². The molecule has 27 heavy (non-hydrogen) atoms. The summed E-state index contributed by atoms with van der Waals surface area (Å²) in [5, 5.41) is 17.8. The molecule has 0 aliphatic rings. The second-order valence-electron chi connectivity index (χ2n) is 6.82. The molecule has 1 aromatic carbocycles. The van der Waals surface area contributed by atoms with E-state index in [9.17, 15) is 9.18 Å². The van der Waals surface area contributed by atoms with Crippen molar-refractivity contribution < 1.29 is 13.9 Å². The van der Waals surface area contributed by atoms with E-state index in [1.165, 1.54) is 18.2 Å². The number of aliphatic imine (C=N–C) groups is 1. The van der Waals surface area contributed by atoms with Crippen LogP contribution in [0.1, 0.15) is 45.2 Å². The van der Waals surface area contributed by atoms with E-state index >= 15 is 0 Å². The van der Waals surface area contributed by atoms with Gasteiger partial charge in [-0.15, -0.1) is 0 Å². The molecule has 0 saturated heterocycles. The van der Waals surface area contributed by atoms with E-state index in [1.807, 2.05) is 33.8 Å². The minimum absolute atomic E-state index is 0.118. The second-order valence-corrected chi connectivity index (χ2v) is 6.82. The Morgan fingerprint density at radius 2 is 1.96 bits per heavy atom. The number of alkyl carbamates (subject to hydrolysis) is 1. The van der Waals surface area contributed by atoms with E-state index in [-0.39, 0.29) is 6.54 Å². The maximum absolute atomic E-state index is 13.8. The van der Waals surface area contributed by atoms with Gasteiger partial charge in [-0.25, -0.2) is 14.2 Å². The molecule has 0 atom stereocenters. The standard InChI is InChI=1S/C19H28FN5O2/c1-5-22-17(23-9-6-10-24-18(26)27-19(2,3)4)25-13-15-11-14(12-21)7-8-16(15)20/h7-8,11H,5-6,9-10,13H2,1-4H3,(H,24,26)(H2,22,23,25). The molecule has 3 N–H and O–H groups in total. The van der Waals surface area contributed by atoms with Crippen LogP contribution in [-0.4, -0.2) is 37.3 Å². The number of benzene rings is 1. The largest absolute Gasteiger partial charge is 0.444 e. The highest BCUT2D eigenvalue weighted by molar-refractivity contribution is 5.79. The Bertz CT molecular complexity index is 692. The summed E-state index contributed by atoms with van der Waals surface area (Å²) in [6.45, 7) is 9.16. The number of amides is 1. The van der Waals surface area contributed by atoms with Gasteiger partial charge in [-0.05, 0) is 52.3 Å². The molecule has 0 unspecified atom stereocenters. The molecular formula is C19H28FN5O2. The van der Waals surface area contributed by atoms with Crippen LogP contribution in [0.3, 0.4) is 0 Å². The third kappa shape index (κ3) is 9.45. The number of nitrogens with zero attached hydrogens (tertiary/aromatic N) is 2. The van der Waals surface area contributed by atoms with Gasteiger partial charge >= 0.3 is 6.09 Å². The fraction of sp³-hybridized carbons (Fsp3) is 0.526. The van der Waals surface area contributed by atoms with Crippen LogP contribution in [0, 0.1) is 17.1 Å². The molecule has 1 amide bonds. The first kappa shape index (κ1) is 22.2. The van der Waals surface area contributed by atoms with E-state index in [2.05, 4.69) is 20.9 Å². The molecular weight excluding hydrogens is 349 g/mol. The van der Waals surface area contributed by atoms with E-state index < -0.39 is 17.5 Å². The molecule has 8 heteroatoms. The Kier molecular flexibility index (Phi) is 9.06. The van der Waals surface area contributed by atoms with E-state index in [0.717, 1.165) is 0 Å². The van der Waals surface area contributed by atoms with Crippen molar-refractivity contribution >= 4 is 12.1 Å². The zero-order valence-electron chi connectivity index (χ0n) is 16.4. The molecule has 0 heterocycles. The summed E-state index contributed by atoms with van der Waals surface area (Å²) in [5.41, 5.74) is 0.233. The molecule has 7 nitrogen and oxygen atoms in total. The number of nitrogens with one attached hydrogen (secondary N) is 3. The minimum atomic E-state index is -0.522. The van der Waals surface area contributed by atoms with Crippen LogP contribution in [0.5, 0.6) is 0 Å². The van der Waals surface area contributed by atoms with Gasteiger partial charge in [0.25, 0.3) is 0 Å². The molecule has 0 radical (unpaired) electrons. The van der Waals surface area contributed by atoms with E-state index in [0.29, 0.717) is 43.1 Å². The van der Waals surface area contributed by atoms with Crippen molar-refractivity contribution in [2.24, 2.45) is 4.99 Å². The average Bonchev–Trinajstić information content (AvgIpc) is 2.58. The number of guanidine groups is 1. The highest BCUT2D eigenvalue weighted by atomic mass is 19.1. The van der Waals surface area contributed by atoms with Crippen LogP contribution >= 0.6 is 0 Å². The lowest BCUT2D eigenvalue weighted by molar-refractivity contribution is 0.0527. The third-order valence-electron chi connectivity index (χ3n) is 3.24.